The van der Waals surface area contributed by atoms with Crippen molar-refractivity contribution in [3.8, 4) is 5.75 Å². The summed E-state index contributed by atoms with van der Waals surface area (Å²) >= 11 is 0. The molecule has 0 aliphatic heterocycles. The molecule has 0 aliphatic carbocycles. The van der Waals surface area contributed by atoms with E-state index in [1.165, 1.54) is 11.1 Å². The summed E-state index contributed by atoms with van der Waals surface area (Å²) in [5.74, 6) is 0.883. The Morgan fingerprint density at radius 1 is 1.00 bits per heavy atom. The van der Waals surface area contributed by atoms with E-state index in [4.69, 9.17) is 4.74 Å². The quantitative estimate of drug-likeness (QED) is 0.590. The smallest absolute Gasteiger partial charge is 1.00 e. The van der Waals surface area contributed by atoms with Crippen LogP contribution in [0.5, 0.6) is 5.75 Å². The molecule has 0 spiro atoms. The van der Waals surface area contributed by atoms with Crippen LogP contribution in [0.15, 0.2) is 24.3 Å². The third kappa shape index (κ3) is 5.21. The minimum Gasteiger partial charge on any atom is -1.00 e. The predicted molar refractivity (Wildman–Crippen MR) is 106 cm³/mol. The Labute approximate surface area is 167 Å². The molecule has 130 valence electrons. The molecule has 0 heterocycles. The first kappa shape index (κ1) is 22.0. The largest absolute Gasteiger partial charge is 1.00 e. The van der Waals surface area contributed by atoms with Gasteiger partial charge in [-0.25, -0.2) is 0 Å². The van der Waals surface area contributed by atoms with Crippen molar-refractivity contribution in [1.82, 2.24) is 0 Å². The summed E-state index contributed by atoms with van der Waals surface area (Å²) in [6.45, 7) is 13.2. The van der Waals surface area contributed by atoms with Crippen LogP contribution in [0.1, 0.15) is 52.9 Å². The van der Waals surface area contributed by atoms with E-state index >= 15 is 0 Å². The first-order valence-electron chi connectivity index (χ1n) is 8.47. The molecule has 1 unspecified atom stereocenters. The molecule has 4 heteroatoms. The molecule has 25 heavy (non-hydrogen) atoms. The second-order valence-electron chi connectivity index (χ2n) is 6.41. The van der Waals surface area contributed by atoms with Gasteiger partial charge in [-0.2, -0.15) is 0 Å². The van der Waals surface area contributed by atoms with Gasteiger partial charge < -0.3 is 6.16 Å². The second kappa shape index (κ2) is 9.58. The molecule has 0 radical (unpaired) electrons. The van der Waals surface area contributed by atoms with Gasteiger partial charge in [0.25, 0.3) is 0 Å². The van der Waals surface area contributed by atoms with E-state index in [0.717, 1.165) is 46.3 Å². The minimum atomic E-state index is 0. The monoisotopic (exact) mass is 350 g/mol. The standard InChI is InChI=1S/C21H27O2P.Li.H/c1-7-10-23-18-8-9-19(14(3)12-18)24-21(22)20-15(4)11-13(2)16(5)17(20)6;;/h8-9,11-12,24H,7,10H2,1-6H3;;/q;+1;-1. The maximum Gasteiger partial charge on any atom is 1.00 e. The third-order valence-corrected chi connectivity index (χ3v) is 5.81. The maximum absolute atomic E-state index is 12.9. The Kier molecular flexibility index (Phi) is 8.43. The topological polar surface area (TPSA) is 26.3 Å². The van der Waals surface area contributed by atoms with Crippen LogP contribution in [-0.4, -0.2) is 12.1 Å². The van der Waals surface area contributed by atoms with Crippen LogP contribution in [0.25, 0.3) is 0 Å². The first-order chi connectivity index (χ1) is 11.3. The molecule has 0 saturated carbocycles. The van der Waals surface area contributed by atoms with Gasteiger partial charge in [0, 0.05) is 5.56 Å². The van der Waals surface area contributed by atoms with Crippen molar-refractivity contribution in [3.05, 3.63) is 57.6 Å². The Morgan fingerprint density at radius 3 is 2.28 bits per heavy atom. The van der Waals surface area contributed by atoms with Crippen molar-refractivity contribution in [1.29, 1.82) is 0 Å². The molecule has 2 rings (SSSR count). The van der Waals surface area contributed by atoms with Crippen molar-refractivity contribution in [2.45, 2.75) is 48.0 Å². The third-order valence-electron chi connectivity index (χ3n) is 4.50. The van der Waals surface area contributed by atoms with E-state index in [2.05, 4.69) is 40.7 Å². The van der Waals surface area contributed by atoms with Gasteiger partial charge in [0.05, 0.1) is 6.61 Å². The average molecular weight is 350 g/mol. The molecule has 0 bridgehead atoms. The van der Waals surface area contributed by atoms with Crippen molar-refractivity contribution in [2.75, 3.05) is 6.61 Å². The Hall–Kier alpha value is -1.06. The molecule has 0 amide bonds. The molecule has 2 aromatic rings. The summed E-state index contributed by atoms with van der Waals surface area (Å²) in [5.41, 5.74) is 6.89. The van der Waals surface area contributed by atoms with E-state index in [9.17, 15) is 4.79 Å². The number of hydrogen-bond donors (Lipinski definition) is 0. The Bertz CT molecular complexity index is 775. The van der Waals surface area contributed by atoms with Crippen LogP contribution in [0, 0.1) is 34.6 Å². The van der Waals surface area contributed by atoms with E-state index in [-0.39, 0.29) is 34.4 Å². The molecule has 0 saturated heterocycles. The van der Waals surface area contributed by atoms with E-state index < -0.39 is 0 Å². The number of ether oxygens (including phenoxy) is 1. The Morgan fingerprint density at radius 2 is 1.68 bits per heavy atom. The zero-order valence-corrected chi connectivity index (χ0v) is 17.5. The van der Waals surface area contributed by atoms with Crippen LogP contribution >= 0.6 is 8.58 Å². The molecule has 1 atom stereocenters. The van der Waals surface area contributed by atoms with Crippen molar-refractivity contribution >= 4 is 19.4 Å². The number of hydrogen-bond acceptors (Lipinski definition) is 2. The molecular formula is C21H28LiO2P. The van der Waals surface area contributed by atoms with Crippen LogP contribution in [0.2, 0.25) is 0 Å². The molecular weight excluding hydrogens is 322 g/mol. The number of aryl methyl sites for hydroxylation is 3. The fraction of sp³-hybridized carbons (Fsp3) is 0.381. The van der Waals surface area contributed by atoms with Crippen LogP contribution in [0.4, 0.5) is 0 Å². The zero-order valence-electron chi connectivity index (χ0n) is 17.5. The molecule has 0 aromatic heterocycles. The van der Waals surface area contributed by atoms with E-state index in [1.807, 2.05) is 25.1 Å². The Balaban J connectivity index is 0.00000312. The maximum atomic E-state index is 12.9. The van der Waals surface area contributed by atoms with Gasteiger partial charge in [-0.15, -0.1) is 0 Å². The predicted octanol–water partition coefficient (Wildman–Crippen LogP) is 2.28. The molecule has 0 fully saturated rings. The van der Waals surface area contributed by atoms with Gasteiger partial charge in [0.2, 0.25) is 0 Å². The van der Waals surface area contributed by atoms with Gasteiger partial charge >= 0.3 is 18.9 Å². The van der Waals surface area contributed by atoms with Crippen molar-refractivity contribution < 1.29 is 29.8 Å². The van der Waals surface area contributed by atoms with Gasteiger partial charge in [-0.1, -0.05) is 19.1 Å². The molecule has 0 aliphatic rings. The van der Waals surface area contributed by atoms with Crippen LogP contribution in [0.3, 0.4) is 0 Å². The summed E-state index contributed by atoms with van der Waals surface area (Å²) in [7, 11) is 0.145. The van der Waals surface area contributed by atoms with Crippen LogP contribution in [-0.2, 0) is 0 Å². The fourth-order valence-electron chi connectivity index (χ4n) is 2.90. The summed E-state index contributed by atoms with van der Waals surface area (Å²) in [4.78, 5) is 12.9. The summed E-state index contributed by atoms with van der Waals surface area (Å²) in [6.07, 6.45) is 0.992. The molecule has 0 N–H and O–H groups in total. The van der Waals surface area contributed by atoms with Crippen molar-refractivity contribution in [2.24, 2.45) is 0 Å². The molecule has 2 aromatic carbocycles. The fourth-order valence-corrected chi connectivity index (χ4v) is 4.09. The second-order valence-corrected chi connectivity index (χ2v) is 7.66. The van der Waals surface area contributed by atoms with Gasteiger partial charge in [0.1, 0.15) is 5.75 Å². The summed E-state index contributed by atoms with van der Waals surface area (Å²) in [6, 6.07) is 8.15. The number of benzene rings is 2. The first-order valence-corrected chi connectivity index (χ1v) is 9.47. The normalized spacial score (nSPS) is 10.8. The van der Waals surface area contributed by atoms with Gasteiger partial charge in [0.15, 0.2) is 5.52 Å². The van der Waals surface area contributed by atoms with Crippen LogP contribution < -0.4 is 28.9 Å². The zero-order chi connectivity index (χ0) is 17.9. The number of rotatable bonds is 6. The summed E-state index contributed by atoms with van der Waals surface area (Å²) in [5, 5.41) is 1.10. The molecule has 2 nitrogen and oxygen atoms in total. The summed E-state index contributed by atoms with van der Waals surface area (Å²) < 4.78 is 5.67. The van der Waals surface area contributed by atoms with Gasteiger partial charge in [-0.05, 0) is 94.9 Å². The van der Waals surface area contributed by atoms with Crippen molar-refractivity contribution in [3.63, 3.8) is 0 Å². The SMILES string of the molecule is CCCOc1ccc(PC(=O)c2c(C)cc(C)c(C)c2C)c(C)c1.[H-].[Li+]. The average Bonchev–Trinajstić information content (AvgIpc) is 2.53. The van der Waals surface area contributed by atoms with Gasteiger partial charge in [-0.3, -0.25) is 4.79 Å². The number of carbonyl (C=O) groups is 1. The minimum absolute atomic E-state index is 0. The van der Waals surface area contributed by atoms with E-state index in [1.54, 1.807) is 0 Å². The number of carbonyl (C=O) groups excluding carboxylic acids is 1. The van der Waals surface area contributed by atoms with E-state index in [0.29, 0.717) is 0 Å².